The van der Waals surface area contributed by atoms with Crippen molar-refractivity contribution in [3.05, 3.63) is 66.2 Å². The molecule has 0 saturated heterocycles. The van der Waals surface area contributed by atoms with Crippen LogP contribution in [0.5, 0.6) is 0 Å². The molecule has 1 aliphatic carbocycles. The Balaban J connectivity index is 1.65. The van der Waals surface area contributed by atoms with Crippen LogP contribution in [0.4, 0.5) is 10.5 Å². The van der Waals surface area contributed by atoms with E-state index >= 15 is 0 Å². The number of amides is 3. The van der Waals surface area contributed by atoms with E-state index in [-0.39, 0.29) is 11.9 Å². The molecule has 0 atom stereocenters. The van der Waals surface area contributed by atoms with Crippen molar-refractivity contribution in [1.29, 1.82) is 0 Å². The lowest BCUT2D eigenvalue weighted by Gasteiger charge is -2.36. The van der Waals surface area contributed by atoms with Crippen LogP contribution >= 0.6 is 0 Å². The fourth-order valence-corrected chi connectivity index (χ4v) is 3.41. The van der Waals surface area contributed by atoms with Crippen molar-refractivity contribution in [2.75, 3.05) is 5.32 Å². The van der Waals surface area contributed by atoms with Gasteiger partial charge in [-0.2, -0.15) is 0 Å². The van der Waals surface area contributed by atoms with Crippen LogP contribution in [0.2, 0.25) is 0 Å². The first-order valence-electron chi connectivity index (χ1n) is 9.14. The van der Waals surface area contributed by atoms with Crippen molar-refractivity contribution >= 4 is 17.6 Å². The van der Waals surface area contributed by atoms with Crippen LogP contribution < -0.4 is 16.0 Å². The zero-order chi connectivity index (χ0) is 18.2. The predicted octanol–water partition coefficient (Wildman–Crippen LogP) is 3.83. The van der Waals surface area contributed by atoms with Gasteiger partial charge in [-0.25, -0.2) is 4.79 Å². The van der Waals surface area contributed by atoms with E-state index in [2.05, 4.69) is 16.0 Å². The molecule has 2 aromatic carbocycles. The van der Waals surface area contributed by atoms with Gasteiger partial charge in [-0.1, -0.05) is 67.8 Å². The highest BCUT2D eigenvalue weighted by atomic mass is 16.2. The molecule has 0 heterocycles. The van der Waals surface area contributed by atoms with Gasteiger partial charge in [0.1, 0.15) is 5.54 Å². The number of anilines is 1. The van der Waals surface area contributed by atoms with Crippen LogP contribution in [0.3, 0.4) is 0 Å². The van der Waals surface area contributed by atoms with Gasteiger partial charge < -0.3 is 16.0 Å². The summed E-state index contributed by atoms with van der Waals surface area (Å²) >= 11 is 0. The van der Waals surface area contributed by atoms with Crippen LogP contribution in [-0.4, -0.2) is 17.5 Å². The lowest BCUT2D eigenvalue weighted by atomic mass is 9.81. The number of para-hydroxylation sites is 1. The second-order valence-corrected chi connectivity index (χ2v) is 6.76. The first kappa shape index (κ1) is 18.0. The third-order valence-electron chi connectivity index (χ3n) is 4.82. The average molecular weight is 351 g/mol. The van der Waals surface area contributed by atoms with Gasteiger partial charge in [-0.15, -0.1) is 0 Å². The lowest BCUT2D eigenvalue weighted by molar-refractivity contribution is -0.128. The lowest BCUT2D eigenvalue weighted by Crippen LogP contribution is -2.60. The SMILES string of the molecule is O=C(Nc1ccccc1)NC1(C(=O)NCc2ccccc2)CCCCC1. The van der Waals surface area contributed by atoms with Gasteiger partial charge >= 0.3 is 6.03 Å². The number of benzene rings is 2. The Morgan fingerprint density at radius 3 is 2.12 bits per heavy atom. The summed E-state index contributed by atoms with van der Waals surface area (Å²) in [5.41, 5.74) is 0.910. The average Bonchev–Trinajstić information content (AvgIpc) is 2.68. The molecule has 1 fully saturated rings. The molecule has 0 spiro atoms. The Labute approximate surface area is 154 Å². The van der Waals surface area contributed by atoms with Gasteiger partial charge in [-0.05, 0) is 30.5 Å². The predicted molar refractivity (Wildman–Crippen MR) is 103 cm³/mol. The highest BCUT2D eigenvalue weighted by molar-refractivity contribution is 5.96. The molecule has 0 unspecified atom stereocenters. The van der Waals surface area contributed by atoms with Crippen molar-refractivity contribution in [3.63, 3.8) is 0 Å². The largest absolute Gasteiger partial charge is 0.350 e. The maximum atomic E-state index is 12.9. The number of carbonyl (C=O) groups is 2. The molecular weight excluding hydrogens is 326 g/mol. The molecule has 136 valence electrons. The molecule has 0 aliphatic heterocycles. The Morgan fingerprint density at radius 1 is 0.846 bits per heavy atom. The van der Waals surface area contributed by atoms with Gasteiger partial charge in [0.25, 0.3) is 0 Å². The zero-order valence-corrected chi connectivity index (χ0v) is 14.8. The first-order chi connectivity index (χ1) is 12.7. The molecular formula is C21H25N3O2. The third kappa shape index (κ3) is 4.63. The number of hydrogen-bond acceptors (Lipinski definition) is 2. The number of urea groups is 1. The third-order valence-corrected chi connectivity index (χ3v) is 4.82. The summed E-state index contributed by atoms with van der Waals surface area (Å²) in [5.74, 6) is -0.107. The van der Waals surface area contributed by atoms with E-state index in [9.17, 15) is 9.59 Å². The van der Waals surface area contributed by atoms with Gasteiger partial charge in [-0.3, -0.25) is 4.79 Å². The molecule has 0 radical (unpaired) electrons. The Morgan fingerprint density at radius 2 is 1.46 bits per heavy atom. The highest BCUT2D eigenvalue weighted by Gasteiger charge is 2.40. The molecule has 3 amide bonds. The van der Waals surface area contributed by atoms with Crippen LogP contribution in [0.1, 0.15) is 37.7 Å². The monoisotopic (exact) mass is 351 g/mol. The van der Waals surface area contributed by atoms with Crippen molar-refractivity contribution in [3.8, 4) is 0 Å². The number of nitrogens with one attached hydrogen (secondary N) is 3. The maximum absolute atomic E-state index is 12.9. The molecule has 2 aromatic rings. The quantitative estimate of drug-likeness (QED) is 0.766. The summed E-state index contributed by atoms with van der Waals surface area (Å²) in [4.78, 5) is 25.4. The van der Waals surface area contributed by atoms with E-state index < -0.39 is 5.54 Å². The summed E-state index contributed by atoms with van der Waals surface area (Å²) in [6, 6.07) is 18.7. The number of hydrogen-bond donors (Lipinski definition) is 3. The standard InChI is InChI=1S/C21H25N3O2/c25-19(22-16-17-10-4-1-5-11-17)21(14-8-3-9-15-21)24-20(26)23-18-12-6-2-7-13-18/h1-2,4-7,10-13H,3,8-9,14-16H2,(H,22,25)(H2,23,24,26). The molecule has 3 N–H and O–H groups in total. The molecule has 0 aromatic heterocycles. The van der Waals surface area contributed by atoms with Crippen molar-refractivity contribution in [1.82, 2.24) is 10.6 Å². The van der Waals surface area contributed by atoms with Crippen LogP contribution in [0, 0.1) is 0 Å². The number of carbonyl (C=O) groups excluding carboxylic acids is 2. The summed E-state index contributed by atoms with van der Waals surface area (Å²) in [6.07, 6.45) is 4.29. The zero-order valence-electron chi connectivity index (χ0n) is 14.8. The summed E-state index contributed by atoms with van der Waals surface area (Å²) in [6.45, 7) is 0.462. The van der Waals surface area contributed by atoms with Crippen LogP contribution in [-0.2, 0) is 11.3 Å². The van der Waals surface area contributed by atoms with Crippen molar-refractivity contribution < 1.29 is 9.59 Å². The Hall–Kier alpha value is -2.82. The van der Waals surface area contributed by atoms with Gasteiger partial charge in [0.2, 0.25) is 5.91 Å². The Kier molecular flexibility index (Phi) is 5.89. The number of rotatable bonds is 5. The van der Waals surface area contributed by atoms with Gasteiger partial charge in [0, 0.05) is 12.2 Å². The molecule has 26 heavy (non-hydrogen) atoms. The highest BCUT2D eigenvalue weighted by Crippen LogP contribution is 2.29. The van der Waals surface area contributed by atoms with Crippen molar-refractivity contribution in [2.45, 2.75) is 44.2 Å². The minimum Gasteiger partial charge on any atom is -0.350 e. The van der Waals surface area contributed by atoms with Crippen LogP contribution in [0.25, 0.3) is 0 Å². The topological polar surface area (TPSA) is 70.2 Å². The maximum Gasteiger partial charge on any atom is 0.320 e. The second kappa shape index (κ2) is 8.52. The summed E-state index contributed by atoms with van der Waals surface area (Å²) in [7, 11) is 0. The van der Waals surface area contributed by atoms with Gasteiger partial charge in [0.05, 0.1) is 0 Å². The molecule has 0 bridgehead atoms. The smallest absolute Gasteiger partial charge is 0.320 e. The molecule has 1 saturated carbocycles. The van der Waals surface area contributed by atoms with E-state index in [1.807, 2.05) is 60.7 Å². The molecule has 3 rings (SSSR count). The minimum atomic E-state index is -0.841. The minimum absolute atomic E-state index is 0.107. The summed E-state index contributed by atoms with van der Waals surface area (Å²) in [5, 5.41) is 8.76. The summed E-state index contributed by atoms with van der Waals surface area (Å²) < 4.78 is 0. The first-order valence-corrected chi connectivity index (χ1v) is 9.14. The van der Waals surface area contributed by atoms with E-state index in [0.29, 0.717) is 25.1 Å². The van der Waals surface area contributed by atoms with E-state index in [4.69, 9.17) is 0 Å². The van der Waals surface area contributed by atoms with E-state index in [0.717, 1.165) is 24.8 Å². The fraction of sp³-hybridized carbons (Fsp3) is 0.333. The Bertz CT molecular complexity index is 725. The second-order valence-electron chi connectivity index (χ2n) is 6.76. The van der Waals surface area contributed by atoms with E-state index in [1.165, 1.54) is 0 Å². The molecule has 5 heteroatoms. The normalized spacial score (nSPS) is 15.7. The van der Waals surface area contributed by atoms with Crippen LogP contribution in [0.15, 0.2) is 60.7 Å². The molecule has 5 nitrogen and oxygen atoms in total. The van der Waals surface area contributed by atoms with E-state index in [1.54, 1.807) is 0 Å². The van der Waals surface area contributed by atoms with Gasteiger partial charge in [0.15, 0.2) is 0 Å². The fourth-order valence-electron chi connectivity index (χ4n) is 3.41. The van der Waals surface area contributed by atoms with Crippen molar-refractivity contribution in [2.24, 2.45) is 0 Å². The molecule has 1 aliphatic rings.